The molecule has 4 nitrogen and oxygen atoms in total. The Morgan fingerprint density at radius 3 is 2.81 bits per heavy atom. The minimum absolute atomic E-state index is 0.448. The van der Waals surface area contributed by atoms with Gasteiger partial charge in [-0.25, -0.2) is 9.97 Å². The van der Waals surface area contributed by atoms with E-state index in [1.54, 1.807) is 0 Å². The number of aromatic nitrogens is 2. The highest BCUT2D eigenvalue weighted by molar-refractivity contribution is 9.10. The Morgan fingerprint density at radius 2 is 2.12 bits per heavy atom. The lowest BCUT2D eigenvalue weighted by atomic mass is 10.1. The van der Waals surface area contributed by atoms with E-state index in [4.69, 9.17) is 16.3 Å². The third-order valence-electron chi connectivity index (χ3n) is 2.80. The van der Waals surface area contributed by atoms with Crippen molar-refractivity contribution in [2.24, 2.45) is 0 Å². The van der Waals surface area contributed by atoms with Crippen LogP contribution in [-0.2, 0) is 4.74 Å². The van der Waals surface area contributed by atoms with Gasteiger partial charge in [-0.3, -0.25) is 0 Å². The minimum atomic E-state index is 0.448. The van der Waals surface area contributed by atoms with Gasteiger partial charge in [0.15, 0.2) is 0 Å². The van der Waals surface area contributed by atoms with Crippen molar-refractivity contribution >= 4 is 33.3 Å². The van der Waals surface area contributed by atoms with Gasteiger partial charge in [0.25, 0.3) is 0 Å². The molecule has 1 aliphatic heterocycles. The summed E-state index contributed by atoms with van der Waals surface area (Å²) in [5.74, 6) is 0.840. The highest BCUT2D eigenvalue weighted by atomic mass is 79.9. The Morgan fingerprint density at radius 1 is 1.44 bits per heavy atom. The van der Waals surface area contributed by atoms with Crippen LogP contribution in [0.1, 0.15) is 12.8 Å². The van der Waals surface area contributed by atoms with Crippen LogP contribution in [0, 0.1) is 0 Å². The van der Waals surface area contributed by atoms with Crippen LogP contribution in [0.4, 0.5) is 5.82 Å². The lowest BCUT2D eigenvalue weighted by Gasteiger charge is -2.32. The molecule has 0 atom stereocenters. The van der Waals surface area contributed by atoms with Crippen LogP contribution in [0.15, 0.2) is 10.8 Å². The first-order valence-corrected chi connectivity index (χ1v) is 6.34. The molecule has 0 radical (unpaired) electrons. The van der Waals surface area contributed by atoms with Crippen molar-refractivity contribution in [1.29, 1.82) is 0 Å². The van der Waals surface area contributed by atoms with Crippen molar-refractivity contribution in [2.75, 3.05) is 25.2 Å². The normalized spacial score (nSPS) is 17.4. The zero-order valence-electron chi connectivity index (χ0n) is 8.99. The van der Waals surface area contributed by atoms with Gasteiger partial charge in [-0.1, -0.05) is 11.6 Å². The number of nitrogens with zero attached hydrogens (tertiary/aromatic N) is 3. The highest BCUT2D eigenvalue weighted by Gasteiger charge is 2.22. The average Bonchev–Trinajstić information content (AvgIpc) is 2.33. The van der Waals surface area contributed by atoms with Gasteiger partial charge in [0.05, 0.1) is 4.47 Å². The zero-order valence-corrected chi connectivity index (χ0v) is 11.3. The van der Waals surface area contributed by atoms with E-state index < -0.39 is 0 Å². The predicted octanol–water partition coefficient (Wildman–Crippen LogP) is 2.51. The molecule has 1 aromatic rings. The summed E-state index contributed by atoms with van der Waals surface area (Å²) < 4.78 is 6.10. The Bertz CT molecular complexity index is 371. The first-order valence-electron chi connectivity index (χ1n) is 5.16. The summed E-state index contributed by atoms with van der Waals surface area (Å²) >= 11 is 9.37. The molecule has 88 valence electrons. The summed E-state index contributed by atoms with van der Waals surface area (Å²) in [6, 6.07) is 0.455. The molecule has 0 bridgehead atoms. The van der Waals surface area contributed by atoms with Gasteiger partial charge >= 0.3 is 0 Å². The molecule has 2 heterocycles. The fourth-order valence-electron chi connectivity index (χ4n) is 1.83. The van der Waals surface area contributed by atoms with Crippen molar-refractivity contribution in [1.82, 2.24) is 9.97 Å². The fourth-order valence-corrected chi connectivity index (χ4v) is 2.44. The van der Waals surface area contributed by atoms with Gasteiger partial charge in [0.2, 0.25) is 0 Å². The van der Waals surface area contributed by atoms with Crippen molar-refractivity contribution in [3.8, 4) is 0 Å². The summed E-state index contributed by atoms with van der Waals surface area (Å²) in [6.45, 7) is 1.62. The fraction of sp³-hybridized carbons (Fsp3) is 0.600. The van der Waals surface area contributed by atoms with E-state index in [1.807, 2.05) is 7.05 Å². The molecule has 1 aromatic heterocycles. The van der Waals surface area contributed by atoms with Crippen LogP contribution in [0.25, 0.3) is 0 Å². The molecule has 1 fully saturated rings. The third kappa shape index (κ3) is 2.47. The molecule has 2 rings (SSSR count). The van der Waals surface area contributed by atoms with E-state index in [9.17, 15) is 0 Å². The van der Waals surface area contributed by atoms with E-state index in [0.717, 1.165) is 36.3 Å². The van der Waals surface area contributed by atoms with Gasteiger partial charge in [-0.05, 0) is 28.8 Å². The molecule has 1 saturated heterocycles. The van der Waals surface area contributed by atoms with Crippen LogP contribution in [0.5, 0.6) is 0 Å². The van der Waals surface area contributed by atoms with Crippen molar-refractivity contribution in [2.45, 2.75) is 18.9 Å². The number of anilines is 1. The number of hydrogen-bond acceptors (Lipinski definition) is 4. The summed E-state index contributed by atoms with van der Waals surface area (Å²) in [5.41, 5.74) is 0. The Hall–Kier alpha value is -0.390. The van der Waals surface area contributed by atoms with Gasteiger partial charge in [0, 0.05) is 26.3 Å². The van der Waals surface area contributed by atoms with Crippen LogP contribution >= 0.6 is 27.5 Å². The largest absolute Gasteiger partial charge is 0.381 e. The average molecular weight is 307 g/mol. The second kappa shape index (κ2) is 5.29. The van der Waals surface area contributed by atoms with Crippen LogP contribution < -0.4 is 4.90 Å². The zero-order chi connectivity index (χ0) is 11.5. The Balaban J connectivity index is 2.19. The summed E-state index contributed by atoms with van der Waals surface area (Å²) in [7, 11) is 2.03. The van der Waals surface area contributed by atoms with Crippen molar-refractivity contribution in [3.05, 3.63) is 16.0 Å². The number of rotatable bonds is 2. The maximum Gasteiger partial charge on any atom is 0.148 e. The molecule has 0 aromatic carbocycles. The summed E-state index contributed by atoms with van der Waals surface area (Å²) in [4.78, 5) is 10.3. The maximum absolute atomic E-state index is 5.95. The highest BCUT2D eigenvalue weighted by Crippen LogP contribution is 2.30. The minimum Gasteiger partial charge on any atom is -0.381 e. The quantitative estimate of drug-likeness (QED) is 0.787. The predicted molar refractivity (Wildman–Crippen MR) is 67.0 cm³/mol. The first kappa shape index (κ1) is 12.1. The molecule has 6 heteroatoms. The van der Waals surface area contributed by atoms with Gasteiger partial charge < -0.3 is 9.64 Å². The molecule has 16 heavy (non-hydrogen) atoms. The SMILES string of the molecule is CN(c1ncnc(Cl)c1Br)C1CCOCC1. The lowest BCUT2D eigenvalue weighted by Crippen LogP contribution is -2.37. The molecular formula is C10H13BrClN3O. The summed E-state index contributed by atoms with van der Waals surface area (Å²) in [5, 5.41) is 0.448. The lowest BCUT2D eigenvalue weighted by molar-refractivity contribution is 0.0853. The van der Waals surface area contributed by atoms with Gasteiger partial charge in [-0.2, -0.15) is 0 Å². The Kier molecular flexibility index (Phi) is 4.00. The van der Waals surface area contributed by atoms with Crippen LogP contribution in [0.2, 0.25) is 5.15 Å². The topological polar surface area (TPSA) is 38.2 Å². The molecule has 0 N–H and O–H groups in total. The van der Waals surface area contributed by atoms with E-state index >= 15 is 0 Å². The van der Waals surface area contributed by atoms with E-state index in [1.165, 1.54) is 6.33 Å². The molecule has 0 saturated carbocycles. The molecular weight excluding hydrogens is 293 g/mol. The smallest absolute Gasteiger partial charge is 0.148 e. The first-order chi connectivity index (χ1) is 7.70. The number of halogens is 2. The summed E-state index contributed by atoms with van der Waals surface area (Å²) in [6.07, 6.45) is 3.52. The molecule has 1 aliphatic rings. The van der Waals surface area contributed by atoms with Crippen LogP contribution in [0.3, 0.4) is 0 Å². The number of ether oxygens (including phenoxy) is 1. The second-order valence-corrected chi connectivity index (χ2v) is 4.91. The standard InChI is InChI=1S/C10H13BrClN3O/c1-15(7-2-4-16-5-3-7)10-8(11)9(12)13-6-14-10/h6-7H,2-5H2,1H3. The van der Waals surface area contributed by atoms with E-state index in [-0.39, 0.29) is 0 Å². The number of hydrogen-bond donors (Lipinski definition) is 0. The van der Waals surface area contributed by atoms with E-state index in [0.29, 0.717) is 11.2 Å². The van der Waals surface area contributed by atoms with Gasteiger partial charge in [0.1, 0.15) is 17.3 Å². The second-order valence-electron chi connectivity index (χ2n) is 3.76. The Labute approximate surface area is 108 Å². The molecule has 0 amide bonds. The van der Waals surface area contributed by atoms with E-state index in [2.05, 4.69) is 30.8 Å². The molecule has 0 aliphatic carbocycles. The molecule has 0 spiro atoms. The van der Waals surface area contributed by atoms with Crippen LogP contribution in [-0.4, -0.2) is 36.3 Å². The monoisotopic (exact) mass is 305 g/mol. The van der Waals surface area contributed by atoms with Crippen molar-refractivity contribution < 1.29 is 4.74 Å². The third-order valence-corrected chi connectivity index (χ3v) is 4.05. The maximum atomic E-state index is 5.95. The molecule has 0 unspecified atom stereocenters. The van der Waals surface area contributed by atoms with Gasteiger partial charge in [-0.15, -0.1) is 0 Å². The van der Waals surface area contributed by atoms with Crippen molar-refractivity contribution in [3.63, 3.8) is 0 Å².